The molecule has 2 heterocycles. The number of carbonyl (C=O) groups is 1. The molecule has 0 fully saturated rings. The Balaban J connectivity index is 1.68. The number of benzene rings is 2. The van der Waals surface area contributed by atoms with Gasteiger partial charge in [0.05, 0.1) is 29.1 Å². The van der Waals surface area contributed by atoms with Crippen molar-refractivity contribution in [2.75, 3.05) is 0 Å². The van der Waals surface area contributed by atoms with E-state index in [9.17, 15) is 9.18 Å². The first-order chi connectivity index (χ1) is 14.1. The maximum atomic E-state index is 13.4. The number of hydrogen-bond acceptors (Lipinski definition) is 4. The van der Waals surface area contributed by atoms with Gasteiger partial charge in [-0.15, -0.1) is 0 Å². The van der Waals surface area contributed by atoms with Crippen LogP contribution in [-0.4, -0.2) is 20.6 Å². The molecule has 0 saturated heterocycles. The number of amides is 1. The Morgan fingerprint density at radius 3 is 2.72 bits per heavy atom. The zero-order chi connectivity index (χ0) is 20.4. The highest BCUT2D eigenvalue weighted by atomic mass is 19.1. The van der Waals surface area contributed by atoms with Gasteiger partial charge in [0.25, 0.3) is 5.91 Å². The van der Waals surface area contributed by atoms with Crippen molar-refractivity contribution in [3.63, 3.8) is 0 Å². The minimum absolute atomic E-state index is 0.264. The summed E-state index contributed by atoms with van der Waals surface area (Å²) in [7, 11) is 0. The molecule has 1 N–H and O–H groups in total. The number of carbonyl (C=O) groups excluding carboxylic acids is 1. The lowest BCUT2D eigenvalue weighted by atomic mass is 10.0. The van der Waals surface area contributed by atoms with Crippen molar-refractivity contribution in [3.05, 3.63) is 83.3 Å². The van der Waals surface area contributed by atoms with Gasteiger partial charge in [0, 0.05) is 6.54 Å². The Hall–Kier alpha value is -3.48. The summed E-state index contributed by atoms with van der Waals surface area (Å²) in [5, 5.41) is 7.03. The van der Waals surface area contributed by atoms with Crippen molar-refractivity contribution in [2.24, 2.45) is 0 Å². The Labute approximate surface area is 167 Å². The molecule has 7 heteroatoms. The molecular weight excluding hydrogens is 371 g/mol. The van der Waals surface area contributed by atoms with Gasteiger partial charge in [-0.05, 0) is 43.2 Å². The van der Waals surface area contributed by atoms with Gasteiger partial charge in [-0.1, -0.05) is 36.3 Å². The SMILES string of the molecule is CCc1noc(C)c1C(=O)NC(Cn1cnc2ccccc21)c1ccc(F)cc1. The molecule has 0 aliphatic rings. The molecule has 1 atom stereocenters. The molecule has 4 aromatic rings. The third-order valence-electron chi connectivity index (χ3n) is 4.98. The Morgan fingerprint density at radius 2 is 1.97 bits per heavy atom. The van der Waals surface area contributed by atoms with Gasteiger partial charge in [0.1, 0.15) is 17.1 Å². The van der Waals surface area contributed by atoms with E-state index in [1.807, 2.05) is 35.8 Å². The first kappa shape index (κ1) is 18.9. The monoisotopic (exact) mass is 392 g/mol. The first-order valence-electron chi connectivity index (χ1n) is 9.48. The average Bonchev–Trinajstić information content (AvgIpc) is 3.31. The van der Waals surface area contributed by atoms with Crippen LogP contribution in [0.2, 0.25) is 0 Å². The molecule has 29 heavy (non-hydrogen) atoms. The van der Waals surface area contributed by atoms with Crippen LogP contribution in [0.25, 0.3) is 11.0 Å². The molecule has 6 nitrogen and oxygen atoms in total. The van der Waals surface area contributed by atoms with E-state index < -0.39 is 0 Å². The van der Waals surface area contributed by atoms with Gasteiger partial charge in [0.2, 0.25) is 0 Å². The number of nitrogens with zero attached hydrogens (tertiary/aromatic N) is 3. The topological polar surface area (TPSA) is 73.0 Å². The van der Waals surface area contributed by atoms with Gasteiger partial charge < -0.3 is 14.4 Å². The molecule has 1 amide bonds. The highest BCUT2D eigenvalue weighted by molar-refractivity contribution is 5.96. The van der Waals surface area contributed by atoms with Crippen molar-refractivity contribution >= 4 is 16.9 Å². The quantitative estimate of drug-likeness (QED) is 0.534. The predicted octanol–water partition coefficient (Wildman–Crippen LogP) is 4.21. The Morgan fingerprint density at radius 1 is 1.21 bits per heavy atom. The maximum Gasteiger partial charge on any atom is 0.257 e. The number of hydrogen-bond donors (Lipinski definition) is 1. The maximum absolute atomic E-state index is 13.4. The fourth-order valence-corrected chi connectivity index (χ4v) is 3.46. The standard InChI is InChI=1S/C22H21FN4O2/c1-3-17-21(14(2)29-26-17)22(28)25-19(15-8-10-16(23)11-9-15)12-27-13-24-18-6-4-5-7-20(18)27/h4-11,13,19H,3,12H2,1-2H3,(H,25,28). The smallest absolute Gasteiger partial charge is 0.257 e. The van der Waals surface area contributed by atoms with E-state index in [4.69, 9.17) is 4.52 Å². The summed E-state index contributed by atoms with van der Waals surface area (Å²) < 4.78 is 20.6. The zero-order valence-corrected chi connectivity index (χ0v) is 16.2. The Bertz CT molecular complexity index is 1150. The number of fused-ring (bicyclic) bond motifs is 1. The van der Waals surface area contributed by atoms with Crippen molar-refractivity contribution < 1.29 is 13.7 Å². The molecule has 2 aromatic carbocycles. The van der Waals surface area contributed by atoms with E-state index in [0.29, 0.717) is 30.0 Å². The van der Waals surface area contributed by atoms with Crippen LogP contribution in [0, 0.1) is 12.7 Å². The number of aromatic nitrogens is 3. The molecule has 0 aliphatic carbocycles. The van der Waals surface area contributed by atoms with E-state index in [1.165, 1.54) is 12.1 Å². The number of para-hydroxylation sites is 2. The van der Waals surface area contributed by atoms with E-state index in [0.717, 1.165) is 16.6 Å². The summed E-state index contributed by atoms with van der Waals surface area (Å²) in [6.45, 7) is 4.09. The lowest BCUT2D eigenvalue weighted by Gasteiger charge is -2.20. The van der Waals surface area contributed by atoms with Crippen LogP contribution in [0.4, 0.5) is 4.39 Å². The van der Waals surface area contributed by atoms with E-state index >= 15 is 0 Å². The highest BCUT2D eigenvalue weighted by Crippen LogP contribution is 2.22. The lowest BCUT2D eigenvalue weighted by molar-refractivity contribution is 0.0930. The van der Waals surface area contributed by atoms with Gasteiger partial charge in [-0.3, -0.25) is 4.79 Å². The molecule has 0 aliphatic heterocycles. The first-order valence-corrected chi connectivity index (χ1v) is 9.48. The van der Waals surface area contributed by atoms with E-state index in [2.05, 4.69) is 15.5 Å². The molecule has 2 aromatic heterocycles. The third-order valence-corrected chi connectivity index (χ3v) is 4.98. The average molecular weight is 392 g/mol. The summed E-state index contributed by atoms with van der Waals surface area (Å²) in [6.07, 6.45) is 2.34. The van der Waals surface area contributed by atoms with Crippen LogP contribution in [0.15, 0.2) is 59.4 Å². The summed E-state index contributed by atoms with van der Waals surface area (Å²) in [6, 6.07) is 13.5. The minimum atomic E-state index is -0.389. The fourth-order valence-electron chi connectivity index (χ4n) is 3.46. The molecule has 1 unspecified atom stereocenters. The second kappa shape index (κ2) is 7.87. The van der Waals surface area contributed by atoms with Gasteiger partial charge in [-0.2, -0.15) is 0 Å². The lowest BCUT2D eigenvalue weighted by Crippen LogP contribution is -2.32. The van der Waals surface area contributed by atoms with Crippen molar-refractivity contribution in [1.29, 1.82) is 0 Å². The molecule has 0 radical (unpaired) electrons. The normalized spacial score (nSPS) is 12.2. The summed E-state index contributed by atoms with van der Waals surface area (Å²) >= 11 is 0. The van der Waals surface area contributed by atoms with E-state index in [1.54, 1.807) is 25.4 Å². The minimum Gasteiger partial charge on any atom is -0.361 e. The molecule has 0 spiro atoms. The van der Waals surface area contributed by atoms with Gasteiger partial charge in [-0.25, -0.2) is 9.37 Å². The summed E-state index contributed by atoms with van der Waals surface area (Å²) in [5.74, 6) is -0.111. The van der Waals surface area contributed by atoms with Crippen molar-refractivity contribution in [3.8, 4) is 0 Å². The van der Waals surface area contributed by atoms with Crippen molar-refractivity contribution in [2.45, 2.75) is 32.9 Å². The van der Waals surface area contributed by atoms with Crippen LogP contribution in [0.1, 0.15) is 40.3 Å². The molecule has 0 bridgehead atoms. The van der Waals surface area contributed by atoms with Crippen molar-refractivity contribution in [1.82, 2.24) is 20.0 Å². The van der Waals surface area contributed by atoms with Crippen LogP contribution in [0.3, 0.4) is 0 Å². The second-order valence-electron chi connectivity index (χ2n) is 6.88. The molecule has 0 saturated carbocycles. The van der Waals surface area contributed by atoms with Crippen LogP contribution < -0.4 is 5.32 Å². The fraction of sp³-hybridized carbons (Fsp3) is 0.227. The third kappa shape index (κ3) is 3.76. The predicted molar refractivity (Wildman–Crippen MR) is 107 cm³/mol. The van der Waals surface area contributed by atoms with Crippen LogP contribution in [-0.2, 0) is 13.0 Å². The van der Waals surface area contributed by atoms with Crippen LogP contribution in [0.5, 0.6) is 0 Å². The summed E-state index contributed by atoms with van der Waals surface area (Å²) in [5.41, 5.74) is 3.70. The number of rotatable bonds is 6. The molecular formula is C22H21FN4O2. The highest BCUT2D eigenvalue weighted by Gasteiger charge is 2.23. The summed E-state index contributed by atoms with van der Waals surface area (Å²) in [4.78, 5) is 17.5. The number of aryl methyl sites for hydroxylation is 2. The number of nitrogens with one attached hydrogen (secondary N) is 1. The number of imidazole rings is 1. The largest absolute Gasteiger partial charge is 0.361 e. The number of halogens is 1. The van der Waals surface area contributed by atoms with Crippen LogP contribution >= 0.6 is 0 Å². The van der Waals surface area contributed by atoms with Gasteiger partial charge >= 0.3 is 0 Å². The second-order valence-corrected chi connectivity index (χ2v) is 6.88. The molecule has 148 valence electrons. The molecule has 4 rings (SSSR count). The van der Waals surface area contributed by atoms with E-state index in [-0.39, 0.29) is 17.8 Å². The zero-order valence-electron chi connectivity index (χ0n) is 16.2. The Kier molecular flexibility index (Phi) is 5.12. The van der Waals surface area contributed by atoms with Gasteiger partial charge in [0.15, 0.2) is 0 Å².